The molecule has 0 amide bonds. The standard InChI is InChI=1S/C14H21NO3/c1-16-12-17-15(13-8-4-2-5-9-13)18-14-10-6-3-7-11-14/h2,4-5,8-9,14H,3,6-7,10-12H2,1H3. The minimum atomic E-state index is 0.182. The van der Waals surface area contributed by atoms with Crippen LogP contribution in [0.5, 0.6) is 0 Å². The summed E-state index contributed by atoms with van der Waals surface area (Å²) in [5.41, 5.74) is 0.889. The SMILES string of the molecule is COCON(OC1CCCCC1)c1ccccc1. The molecule has 0 heterocycles. The number of hydrogen-bond acceptors (Lipinski definition) is 4. The average Bonchev–Trinajstić information content (AvgIpc) is 2.45. The van der Waals surface area contributed by atoms with Gasteiger partial charge in [-0.1, -0.05) is 37.5 Å². The van der Waals surface area contributed by atoms with Crippen LogP contribution in [0.15, 0.2) is 30.3 Å². The normalized spacial score (nSPS) is 16.7. The van der Waals surface area contributed by atoms with E-state index in [1.54, 1.807) is 7.11 Å². The van der Waals surface area contributed by atoms with Crippen molar-refractivity contribution in [3.63, 3.8) is 0 Å². The summed E-state index contributed by atoms with van der Waals surface area (Å²) in [6.07, 6.45) is 6.22. The van der Waals surface area contributed by atoms with Crippen molar-refractivity contribution in [2.45, 2.75) is 38.2 Å². The Morgan fingerprint density at radius 3 is 2.50 bits per heavy atom. The second-order valence-electron chi connectivity index (χ2n) is 4.49. The lowest BCUT2D eigenvalue weighted by atomic mass is 9.98. The van der Waals surface area contributed by atoms with Crippen molar-refractivity contribution in [3.8, 4) is 0 Å². The van der Waals surface area contributed by atoms with Crippen molar-refractivity contribution in [1.82, 2.24) is 0 Å². The quantitative estimate of drug-likeness (QED) is 0.573. The van der Waals surface area contributed by atoms with Crippen LogP contribution in [0.2, 0.25) is 0 Å². The molecule has 1 fully saturated rings. The molecule has 0 bridgehead atoms. The van der Waals surface area contributed by atoms with Gasteiger partial charge in [-0.05, 0) is 25.0 Å². The van der Waals surface area contributed by atoms with Crippen molar-refractivity contribution < 1.29 is 14.4 Å². The Kier molecular flexibility index (Phi) is 5.45. The molecule has 1 aromatic carbocycles. The van der Waals surface area contributed by atoms with E-state index < -0.39 is 0 Å². The summed E-state index contributed by atoms with van der Waals surface area (Å²) in [5, 5.41) is 1.49. The van der Waals surface area contributed by atoms with E-state index >= 15 is 0 Å². The van der Waals surface area contributed by atoms with Gasteiger partial charge < -0.3 is 4.74 Å². The molecule has 4 heteroatoms. The number of methoxy groups -OCH3 is 1. The van der Waals surface area contributed by atoms with Crippen LogP contribution in [0.25, 0.3) is 0 Å². The molecule has 0 spiro atoms. The van der Waals surface area contributed by atoms with E-state index in [2.05, 4.69) is 0 Å². The molecular weight excluding hydrogens is 230 g/mol. The zero-order chi connectivity index (χ0) is 12.6. The Labute approximate surface area is 108 Å². The number of nitrogens with zero attached hydrogens (tertiary/aromatic N) is 1. The minimum absolute atomic E-state index is 0.182. The van der Waals surface area contributed by atoms with E-state index in [1.165, 1.54) is 24.5 Å². The maximum atomic E-state index is 5.91. The van der Waals surface area contributed by atoms with Crippen molar-refractivity contribution in [3.05, 3.63) is 30.3 Å². The fraction of sp³-hybridized carbons (Fsp3) is 0.571. The van der Waals surface area contributed by atoms with Gasteiger partial charge in [-0.3, -0.25) is 0 Å². The fourth-order valence-electron chi connectivity index (χ4n) is 2.12. The van der Waals surface area contributed by atoms with Crippen LogP contribution in [-0.4, -0.2) is 20.0 Å². The predicted molar refractivity (Wildman–Crippen MR) is 69.8 cm³/mol. The Morgan fingerprint density at radius 1 is 1.11 bits per heavy atom. The molecule has 0 unspecified atom stereocenters. The first kappa shape index (κ1) is 13.3. The molecule has 100 valence electrons. The second-order valence-corrected chi connectivity index (χ2v) is 4.49. The molecule has 4 nitrogen and oxygen atoms in total. The topological polar surface area (TPSA) is 30.9 Å². The van der Waals surface area contributed by atoms with Crippen LogP contribution in [0, 0.1) is 0 Å². The third-order valence-corrected chi connectivity index (χ3v) is 3.05. The third kappa shape index (κ3) is 3.98. The molecule has 0 N–H and O–H groups in total. The minimum Gasteiger partial charge on any atom is -0.356 e. The lowest BCUT2D eigenvalue weighted by Gasteiger charge is -2.29. The molecule has 0 saturated heterocycles. The number of ether oxygens (including phenoxy) is 1. The molecule has 18 heavy (non-hydrogen) atoms. The maximum absolute atomic E-state index is 5.91. The molecule has 0 radical (unpaired) electrons. The predicted octanol–water partition coefficient (Wildman–Crippen LogP) is 3.29. The summed E-state index contributed by atoms with van der Waals surface area (Å²) in [7, 11) is 1.60. The summed E-state index contributed by atoms with van der Waals surface area (Å²) in [6.45, 7) is 0.182. The van der Waals surface area contributed by atoms with E-state index in [0.29, 0.717) is 0 Å². The molecule has 1 saturated carbocycles. The summed E-state index contributed by atoms with van der Waals surface area (Å²) in [4.78, 5) is 11.4. The molecular formula is C14H21NO3. The molecule has 1 aliphatic rings. The zero-order valence-corrected chi connectivity index (χ0v) is 10.9. The van der Waals surface area contributed by atoms with E-state index in [4.69, 9.17) is 14.4 Å². The van der Waals surface area contributed by atoms with Crippen LogP contribution in [0.3, 0.4) is 0 Å². The fourth-order valence-corrected chi connectivity index (χ4v) is 2.12. The second kappa shape index (κ2) is 7.36. The van der Waals surface area contributed by atoms with E-state index in [1.807, 2.05) is 30.3 Å². The maximum Gasteiger partial charge on any atom is 0.175 e. The molecule has 1 aliphatic carbocycles. The van der Waals surface area contributed by atoms with Crippen molar-refractivity contribution in [2.24, 2.45) is 0 Å². The molecule has 2 rings (SSSR count). The first-order valence-electron chi connectivity index (χ1n) is 6.54. The average molecular weight is 251 g/mol. The molecule has 0 aromatic heterocycles. The van der Waals surface area contributed by atoms with Crippen LogP contribution in [-0.2, 0) is 14.4 Å². The van der Waals surface area contributed by atoms with Gasteiger partial charge in [0.1, 0.15) is 0 Å². The summed E-state index contributed by atoms with van der Waals surface area (Å²) in [5.74, 6) is 0. The largest absolute Gasteiger partial charge is 0.356 e. The Hall–Kier alpha value is -1.10. The van der Waals surface area contributed by atoms with Crippen molar-refractivity contribution in [1.29, 1.82) is 0 Å². The number of para-hydroxylation sites is 1. The Morgan fingerprint density at radius 2 is 1.83 bits per heavy atom. The highest BCUT2D eigenvalue weighted by Crippen LogP contribution is 2.24. The van der Waals surface area contributed by atoms with Gasteiger partial charge in [0.05, 0.1) is 11.8 Å². The van der Waals surface area contributed by atoms with Crippen LogP contribution >= 0.6 is 0 Å². The highest BCUT2D eigenvalue weighted by molar-refractivity contribution is 5.40. The summed E-state index contributed by atoms with van der Waals surface area (Å²) >= 11 is 0. The summed E-state index contributed by atoms with van der Waals surface area (Å²) < 4.78 is 4.94. The highest BCUT2D eigenvalue weighted by Gasteiger charge is 2.19. The van der Waals surface area contributed by atoms with Gasteiger partial charge in [0.25, 0.3) is 0 Å². The van der Waals surface area contributed by atoms with Gasteiger partial charge in [0.15, 0.2) is 6.79 Å². The number of anilines is 1. The highest BCUT2D eigenvalue weighted by atomic mass is 17.0. The van der Waals surface area contributed by atoms with Crippen LogP contribution < -0.4 is 5.23 Å². The van der Waals surface area contributed by atoms with E-state index in [9.17, 15) is 0 Å². The smallest absolute Gasteiger partial charge is 0.175 e. The third-order valence-electron chi connectivity index (χ3n) is 3.05. The first-order valence-corrected chi connectivity index (χ1v) is 6.54. The van der Waals surface area contributed by atoms with Crippen LogP contribution in [0.1, 0.15) is 32.1 Å². The van der Waals surface area contributed by atoms with Gasteiger partial charge in [0, 0.05) is 7.11 Å². The Bertz CT molecular complexity index is 325. The van der Waals surface area contributed by atoms with Gasteiger partial charge in [-0.25, -0.2) is 9.68 Å². The molecule has 0 atom stereocenters. The van der Waals surface area contributed by atoms with Gasteiger partial charge in [0.2, 0.25) is 0 Å². The monoisotopic (exact) mass is 251 g/mol. The first-order chi connectivity index (χ1) is 8.90. The Balaban J connectivity index is 1.95. The van der Waals surface area contributed by atoms with Crippen LogP contribution in [0.4, 0.5) is 5.69 Å². The van der Waals surface area contributed by atoms with Gasteiger partial charge in [-0.15, -0.1) is 5.23 Å². The van der Waals surface area contributed by atoms with Gasteiger partial charge >= 0.3 is 0 Å². The van der Waals surface area contributed by atoms with Crippen molar-refractivity contribution >= 4 is 5.69 Å². The lowest BCUT2D eigenvalue weighted by molar-refractivity contribution is -0.172. The number of benzene rings is 1. The van der Waals surface area contributed by atoms with E-state index in [0.717, 1.165) is 18.5 Å². The van der Waals surface area contributed by atoms with Crippen molar-refractivity contribution in [2.75, 3.05) is 19.1 Å². The molecule has 0 aliphatic heterocycles. The number of rotatable bonds is 6. The summed E-state index contributed by atoms with van der Waals surface area (Å²) in [6, 6.07) is 9.81. The molecule has 1 aromatic rings. The zero-order valence-electron chi connectivity index (χ0n) is 10.9. The van der Waals surface area contributed by atoms with Gasteiger partial charge in [-0.2, -0.15) is 0 Å². The number of hydrogen-bond donors (Lipinski definition) is 0. The van der Waals surface area contributed by atoms with E-state index in [-0.39, 0.29) is 12.9 Å². The lowest BCUT2D eigenvalue weighted by Crippen LogP contribution is -2.32.